The second-order valence-corrected chi connectivity index (χ2v) is 5.55. The number of amides is 1. The third-order valence-corrected chi connectivity index (χ3v) is 4.37. The quantitative estimate of drug-likeness (QED) is 0.731. The maximum absolute atomic E-state index is 11.6. The first-order valence-electron chi connectivity index (χ1n) is 5.33. The van der Waals surface area contributed by atoms with Crippen molar-refractivity contribution in [3.05, 3.63) is 0 Å². The first-order chi connectivity index (χ1) is 6.75. The zero-order chi connectivity index (χ0) is 9.97. The van der Waals surface area contributed by atoms with Gasteiger partial charge in [-0.2, -0.15) is 0 Å². The van der Waals surface area contributed by atoms with Crippen LogP contribution < -0.4 is 5.32 Å². The molecule has 14 heavy (non-hydrogen) atoms. The Morgan fingerprint density at radius 1 is 1.50 bits per heavy atom. The van der Waals surface area contributed by atoms with E-state index in [-0.39, 0.29) is 17.3 Å². The number of aliphatic hydroxyl groups is 1. The van der Waals surface area contributed by atoms with Crippen LogP contribution in [0.5, 0.6) is 0 Å². The molecule has 0 bridgehead atoms. The Morgan fingerprint density at radius 3 is 2.86 bits per heavy atom. The van der Waals surface area contributed by atoms with Crippen LogP contribution in [0, 0.1) is 5.92 Å². The highest BCUT2D eigenvalue weighted by Gasteiger charge is 2.29. The third-order valence-electron chi connectivity index (χ3n) is 3.00. The number of rotatable bonds is 3. The van der Waals surface area contributed by atoms with Gasteiger partial charge >= 0.3 is 0 Å². The molecule has 2 rings (SSSR count). The van der Waals surface area contributed by atoms with Gasteiger partial charge in [0.05, 0.1) is 11.4 Å². The molecule has 1 aliphatic carbocycles. The van der Waals surface area contributed by atoms with E-state index >= 15 is 0 Å². The molecule has 0 aromatic rings. The van der Waals surface area contributed by atoms with Crippen LogP contribution >= 0.6 is 11.8 Å². The second-order valence-electron chi connectivity index (χ2n) is 4.24. The van der Waals surface area contributed by atoms with Crippen molar-refractivity contribution in [1.29, 1.82) is 0 Å². The molecule has 1 aliphatic heterocycles. The monoisotopic (exact) mass is 215 g/mol. The minimum atomic E-state index is -0.113. The van der Waals surface area contributed by atoms with Gasteiger partial charge < -0.3 is 10.4 Å². The minimum absolute atomic E-state index is 0.113. The number of carbonyl (C=O) groups is 1. The Bertz CT molecular complexity index is 210. The van der Waals surface area contributed by atoms with Gasteiger partial charge in [0.25, 0.3) is 0 Å². The minimum Gasteiger partial charge on any atom is -0.393 e. The number of thioether (sulfide) groups is 1. The van der Waals surface area contributed by atoms with Crippen molar-refractivity contribution in [3.8, 4) is 0 Å². The molecule has 1 amide bonds. The highest BCUT2D eigenvalue weighted by Crippen LogP contribution is 2.28. The first-order valence-corrected chi connectivity index (χ1v) is 6.38. The van der Waals surface area contributed by atoms with Gasteiger partial charge in [-0.15, -0.1) is 11.8 Å². The van der Waals surface area contributed by atoms with Gasteiger partial charge in [0.15, 0.2) is 0 Å². The van der Waals surface area contributed by atoms with Gasteiger partial charge in [0.2, 0.25) is 5.91 Å². The van der Waals surface area contributed by atoms with E-state index in [9.17, 15) is 4.79 Å². The van der Waals surface area contributed by atoms with Crippen LogP contribution in [0.15, 0.2) is 0 Å². The summed E-state index contributed by atoms with van der Waals surface area (Å²) < 4.78 is 0. The molecule has 0 radical (unpaired) electrons. The van der Waals surface area contributed by atoms with Gasteiger partial charge in [0.1, 0.15) is 0 Å². The molecule has 4 heteroatoms. The molecule has 1 atom stereocenters. The molecule has 2 fully saturated rings. The van der Waals surface area contributed by atoms with Crippen LogP contribution in [0.3, 0.4) is 0 Å². The van der Waals surface area contributed by atoms with E-state index in [2.05, 4.69) is 5.32 Å². The molecule has 0 aromatic carbocycles. The van der Waals surface area contributed by atoms with E-state index in [0.717, 1.165) is 31.6 Å². The summed E-state index contributed by atoms with van der Waals surface area (Å²) in [5, 5.41) is 12.2. The summed E-state index contributed by atoms with van der Waals surface area (Å²) in [5.74, 6) is 1.84. The fraction of sp³-hybridized carbons (Fsp3) is 0.900. The number of carbonyl (C=O) groups excluding carboxylic acids is 1. The molecule has 1 heterocycles. The molecule has 1 saturated heterocycles. The van der Waals surface area contributed by atoms with Gasteiger partial charge in [0, 0.05) is 6.54 Å². The molecule has 2 aliphatic rings. The van der Waals surface area contributed by atoms with E-state index < -0.39 is 0 Å². The lowest BCUT2D eigenvalue weighted by atomic mass is 9.82. The molecule has 80 valence electrons. The zero-order valence-electron chi connectivity index (χ0n) is 8.24. The smallest absolute Gasteiger partial charge is 0.233 e. The Hall–Kier alpha value is -0.220. The largest absolute Gasteiger partial charge is 0.393 e. The van der Waals surface area contributed by atoms with Gasteiger partial charge in [-0.3, -0.25) is 4.79 Å². The molecule has 0 aromatic heterocycles. The summed E-state index contributed by atoms with van der Waals surface area (Å²) >= 11 is 1.77. The maximum Gasteiger partial charge on any atom is 0.233 e. The number of hydrogen-bond acceptors (Lipinski definition) is 3. The van der Waals surface area contributed by atoms with Crippen LogP contribution in [0.4, 0.5) is 0 Å². The standard InChI is InChI=1S/C10H17NO2S/c12-8-4-7(5-8)6-11-10(13)9-2-1-3-14-9/h7-9,12H,1-6H2,(H,11,13). The second kappa shape index (κ2) is 4.53. The van der Waals surface area contributed by atoms with Crippen LogP contribution in [-0.2, 0) is 4.79 Å². The topological polar surface area (TPSA) is 49.3 Å². The number of aliphatic hydroxyl groups excluding tert-OH is 1. The highest BCUT2D eigenvalue weighted by molar-refractivity contribution is 8.00. The lowest BCUT2D eigenvalue weighted by molar-refractivity contribution is -0.121. The van der Waals surface area contributed by atoms with E-state index in [1.807, 2.05) is 0 Å². The van der Waals surface area contributed by atoms with Gasteiger partial charge in [-0.25, -0.2) is 0 Å². The van der Waals surface area contributed by atoms with Crippen molar-refractivity contribution < 1.29 is 9.90 Å². The SMILES string of the molecule is O=C(NCC1CC(O)C1)C1CCCS1. The van der Waals surface area contributed by atoms with Gasteiger partial charge in [-0.05, 0) is 37.4 Å². The average Bonchev–Trinajstić information content (AvgIpc) is 2.62. The van der Waals surface area contributed by atoms with Crippen molar-refractivity contribution in [2.75, 3.05) is 12.3 Å². The summed E-state index contributed by atoms with van der Waals surface area (Å²) in [6, 6.07) is 0. The Balaban J connectivity index is 1.62. The van der Waals surface area contributed by atoms with Crippen LogP contribution in [0.25, 0.3) is 0 Å². The van der Waals surface area contributed by atoms with Crippen molar-refractivity contribution in [3.63, 3.8) is 0 Å². The Morgan fingerprint density at radius 2 is 2.29 bits per heavy atom. The molecular weight excluding hydrogens is 198 g/mol. The molecular formula is C10H17NO2S. The summed E-state index contributed by atoms with van der Waals surface area (Å²) in [4.78, 5) is 11.6. The first kappa shape index (κ1) is 10.3. The highest BCUT2D eigenvalue weighted by atomic mass is 32.2. The number of hydrogen-bond donors (Lipinski definition) is 2. The number of nitrogens with one attached hydrogen (secondary N) is 1. The lowest BCUT2D eigenvalue weighted by Gasteiger charge is -2.31. The van der Waals surface area contributed by atoms with E-state index in [1.54, 1.807) is 11.8 Å². The summed E-state index contributed by atoms with van der Waals surface area (Å²) in [6.07, 6.45) is 3.81. The molecule has 1 saturated carbocycles. The fourth-order valence-electron chi connectivity index (χ4n) is 2.01. The molecule has 2 N–H and O–H groups in total. The molecule has 1 unspecified atom stereocenters. The van der Waals surface area contributed by atoms with Crippen molar-refractivity contribution >= 4 is 17.7 Å². The van der Waals surface area contributed by atoms with Crippen LogP contribution in [0.2, 0.25) is 0 Å². The summed E-state index contributed by atoms with van der Waals surface area (Å²) in [6.45, 7) is 0.757. The Kier molecular flexibility index (Phi) is 3.34. The normalized spacial score (nSPS) is 36.5. The van der Waals surface area contributed by atoms with E-state index in [4.69, 9.17) is 5.11 Å². The molecule has 0 spiro atoms. The van der Waals surface area contributed by atoms with Gasteiger partial charge in [-0.1, -0.05) is 0 Å². The van der Waals surface area contributed by atoms with Crippen LogP contribution in [-0.4, -0.2) is 34.7 Å². The van der Waals surface area contributed by atoms with E-state index in [1.165, 1.54) is 6.42 Å². The van der Waals surface area contributed by atoms with Crippen molar-refractivity contribution in [2.45, 2.75) is 37.0 Å². The van der Waals surface area contributed by atoms with Crippen molar-refractivity contribution in [2.24, 2.45) is 5.92 Å². The third kappa shape index (κ3) is 2.42. The average molecular weight is 215 g/mol. The molecule has 3 nitrogen and oxygen atoms in total. The maximum atomic E-state index is 11.6. The fourth-order valence-corrected chi connectivity index (χ4v) is 3.20. The van der Waals surface area contributed by atoms with Crippen LogP contribution in [0.1, 0.15) is 25.7 Å². The zero-order valence-corrected chi connectivity index (χ0v) is 9.05. The predicted molar refractivity (Wildman–Crippen MR) is 57.2 cm³/mol. The lowest BCUT2D eigenvalue weighted by Crippen LogP contribution is -2.40. The summed E-state index contributed by atoms with van der Waals surface area (Å²) in [7, 11) is 0. The predicted octanol–water partition coefficient (Wildman–Crippen LogP) is 0.769. The van der Waals surface area contributed by atoms with Crippen molar-refractivity contribution in [1.82, 2.24) is 5.32 Å². The van der Waals surface area contributed by atoms with E-state index in [0.29, 0.717) is 5.92 Å². The Labute approximate surface area is 88.6 Å². The summed E-state index contributed by atoms with van der Waals surface area (Å²) in [5.41, 5.74) is 0.